The lowest BCUT2D eigenvalue weighted by atomic mass is 10.2. The lowest BCUT2D eigenvalue weighted by Gasteiger charge is -2.07. The van der Waals surface area contributed by atoms with Gasteiger partial charge in [0.15, 0.2) is 0 Å². The lowest BCUT2D eigenvalue weighted by Crippen LogP contribution is -2.12. The van der Waals surface area contributed by atoms with Crippen LogP contribution >= 0.6 is 12.2 Å². The quantitative estimate of drug-likeness (QED) is 0.814. The van der Waals surface area contributed by atoms with E-state index in [0.29, 0.717) is 12.3 Å². The van der Waals surface area contributed by atoms with E-state index in [2.05, 4.69) is 4.98 Å². The largest absolute Gasteiger partial charge is 0.489 e. The van der Waals surface area contributed by atoms with Crippen molar-refractivity contribution in [2.75, 3.05) is 0 Å². The van der Waals surface area contributed by atoms with E-state index in [1.807, 2.05) is 36.4 Å². The van der Waals surface area contributed by atoms with Crippen molar-refractivity contribution in [1.82, 2.24) is 4.98 Å². The Bertz CT molecular complexity index is 570. The van der Waals surface area contributed by atoms with Crippen LogP contribution in [0.5, 0.6) is 5.75 Å². The van der Waals surface area contributed by atoms with Gasteiger partial charge in [-0.1, -0.05) is 24.4 Å². The molecule has 19 heavy (non-hydrogen) atoms. The third-order valence-electron chi connectivity index (χ3n) is 2.59. The number of nitrogens with two attached hydrogens (primary N) is 1. The molecule has 0 saturated heterocycles. The van der Waals surface area contributed by atoms with Crippen molar-refractivity contribution in [3.63, 3.8) is 0 Å². The van der Waals surface area contributed by atoms with Gasteiger partial charge in [-0.2, -0.15) is 0 Å². The van der Waals surface area contributed by atoms with Gasteiger partial charge >= 0.3 is 0 Å². The number of pyridine rings is 1. The first-order chi connectivity index (χ1) is 9.19. The molecule has 0 aliphatic rings. The Morgan fingerprint density at radius 3 is 2.58 bits per heavy atom. The number of aliphatic hydroxyl groups excluding tert-OH is 1. The van der Waals surface area contributed by atoms with Crippen molar-refractivity contribution >= 4 is 17.2 Å². The minimum atomic E-state index is 0.0297. The van der Waals surface area contributed by atoms with Gasteiger partial charge < -0.3 is 15.6 Å². The van der Waals surface area contributed by atoms with Gasteiger partial charge in [-0.3, -0.25) is 4.98 Å². The number of hydrogen-bond acceptors (Lipinski definition) is 4. The molecule has 5 heteroatoms. The number of ether oxygens (including phenoxy) is 1. The molecular weight excluding hydrogens is 260 g/mol. The topological polar surface area (TPSA) is 68.4 Å². The minimum Gasteiger partial charge on any atom is -0.489 e. The van der Waals surface area contributed by atoms with Crippen molar-refractivity contribution in [2.45, 2.75) is 13.2 Å². The Morgan fingerprint density at radius 1 is 1.21 bits per heavy atom. The molecule has 3 N–H and O–H groups in total. The van der Waals surface area contributed by atoms with Crippen molar-refractivity contribution in [3.05, 3.63) is 59.4 Å². The van der Waals surface area contributed by atoms with Gasteiger partial charge in [-0.25, -0.2) is 0 Å². The summed E-state index contributed by atoms with van der Waals surface area (Å²) in [6.07, 6.45) is 1.65. The molecule has 0 atom stereocenters. The van der Waals surface area contributed by atoms with E-state index >= 15 is 0 Å². The highest BCUT2D eigenvalue weighted by Crippen LogP contribution is 2.14. The third-order valence-corrected chi connectivity index (χ3v) is 2.80. The molecule has 0 radical (unpaired) electrons. The average molecular weight is 274 g/mol. The summed E-state index contributed by atoms with van der Waals surface area (Å²) in [5.41, 5.74) is 7.92. The van der Waals surface area contributed by atoms with Gasteiger partial charge in [-0.15, -0.1) is 0 Å². The maximum Gasteiger partial charge on any atom is 0.122 e. The van der Waals surface area contributed by atoms with E-state index in [1.165, 1.54) is 0 Å². The number of aliphatic hydroxyl groups is 1. The number of aromatic nitrogens is 1. The van der Waals surface area contributed by atoms with Crippen LogP contribution in [0.1, 0.15) is 16.8 Å². The van der Waals surface area contributed by atoms with E-state index in [4.69, 9.17) is 27.8 Å². The Balaban J connectivity index is 2.01. The SMILES string of the molecule is NC(=S)c1cc(COc2ccc(CO)cc2)ccn1. The lowest BCUT2D eigenvalue weighted by molar-refractivity contribution is 0.280. The zero-order valence-corrected chi connectivity index (χ0v) is 11.1. The minimum absolute atomic E-state index is 0.0297. The summed E-state index contributed by atoms with van der Waals surface area (Å²) < 4.78 is 5.63. The molecule has 98 valence electrons. The van der Waals surface area contributed by atoms with Crippen LogP contribution < -0.4 is 10.5 Å². The molecule has 1 aromatic heterocycles. The molecule has 0 bridgehead atoms. The first-order valence-electron chi connectivity index (χ1n) is 5.76. The molecule has 1 aromatic carbocycles. The van der Waals surface area contributed by atoms with Crippen molar-refractivity contribution in [1.29, 1.82) is 0 Å². The highest BCUT2D eigenvalue weighted by molar-refractivity contribution is 7.80. The zero-order chi connectivity index (χ0) is 13.7. The fourth-order valence-corrected chi connectivity index (χ4v) is 1.67. The Hall–Kier alpha value is -1.98. The molecule has 1 heterocycles. The highest BCUT2D eigenvalue weighted by Gasteiger charge is 2.01. The summed E-state index contributed by atoms with van der Waals surface area (Å²) in [6, 6.07) is 10.9. The third kappa shape index (κ3) is 3.74. The van der Waals surface area contributed by atoms with Crippen LogP contribution in [0.15, 0.2) is 42.6 Å². The molecular formula is C14H14N2O2S. The number of rotatable bonds is 5. The number of nitrogens with zero attached hydrogens (tertiary/aromatic N) is 1. The first kappa shape index (κ1) is 13.5. The smallest absolute Gasteiger partial charge is 0.122 e. The summed E-state index contributed by atoms with van der Waals surface area (Å²) >= 11 is 4.88. The van der Waals surface area contributed by atoms with Gasteiger partial charge in [-0.05, 0) is 35.4 Å². The monoisotopic (exact) mass is 274 g/mol. The predicted molar refractivity (Wildman–Crippen MR) is 76.8 cm³/mol. The standard InChI is InChI=1S/C14H14N2O2S/c15-14(19)13-7-11(5-6-16-13)9-18-12-3-1-10(8-17)2-4-12/h1-7,17H,8-9H2,(H2,15,19). The fourth-order valence-electron chi connectivity index (χ4n) is 1.56. The average Bonchev–Trinajstić information content (AvgIpc) is 2.46. The van der Waals surface area contributed by atoms with Crippen LogP contribution in [0.2, 0.25) is 0 Å². The van der Waals surface area contributed by atoms with Crippen LogP contribution in [0.3, 0.4) is 0 Å². The molecule has 0 unspecified atom stereocenters. The van der Waals surface area contributed by atoms with Crippen molar-refractivity contribution in [2.24, 2.45) is 5.73 Å². The summed E-state index contributed by atoms with van der Waals surface area (Å²) in [7, 11) is 0. The van der Waals surface area contributed by atoms with Crippen molar-refractivity contribution in [3.8, 4) is 5.75 Å². The molecule has 0 aliphatic carbocycles. The summed E-state index contributed by atoms with van der Waals surface area (Å²) in [5, 5.41) is 8.95. The number of benzene rings is 1. The second-order valence-electron chi connectivity index (χ2n) is 4.00. The molecule has 0 spiro atoms. The van der Waals surface area contributed by atoms with Crippen LogP contribution in [-0.4, -0.2) is 15.1 Å². The number of thiocarbonyl (C=S) groups is 1. The van der Waals surface area contributed by atoms with Crippen LogP contribution in [0.25, 0.3) is 0 Å². The van der Waals surface area contributed by atoms with Gasteiger partial charge in [0.05, 0.1) is 12.3 Å². The maximum atomic E-state index is 8.95. The Kier molecular flexibility index (Phi) is 4.43. The summed E-state index contributed by atoms with van der Waals surface area (Å²) in [4.78, 5) is 4.34. The maximum absolute atomic E-state index is 8.95. The Morgan fingerprint density at radius 2 is 1.95 bits per heavy atom. The zero-order valence-electron chi connectivity index (χ0n) is 10.2. The van der Waals surface area contributed by atoms with Crippen LogP contribution in [-0.2, 0) is 13.2 Å². The second-order valence-corrected chi connectivity index (χ2v) is 4.44. The predicted octanol–water partition coefficient (Wildman–Crippen LogP) is 1.79. The summed E-state index contributed by atoms with van der Waals surface area (Å²) in [5.74, 6) is 0.742. The van der Waals surface area contributed by atoms with Gasteiger partial charge in [0.1, 0.15) is 17.3 Å². The van der Waals surface area contributed by atoms with E-state index in [9.17, 15) is 0 Å². The molecule has 2 aromatic rings. The molecule has 2 rings (SSSR count). The molecule has 0 saturated carbocycles. The van der Waals surface area contributed by atoms with E-state index in [0.717, 1.165) is 16.9 Å². The molecule has 0 amide bonds. The highest BCUT2D eigenvalue weighted by atomic mass is 32.1. The summed E-state index contributed by atoms with van der Waals surface area (Å²) in [6.45, 7) is 0.443. The normalized spacial score (nSPS) is 10.2. The van der Waals surface area contributed by atoms with Gasteiger partial charge in [0.25, 0.3) is 0 Å². The molecule has 4 nitrogen and oxygen atoms in total. The van der Waals surface area contributed by atoms with Gasteiger partial charge in [0, 0.05) is 6.20 Å². The fraction of sp³-hybridized carbons (Fsp3) is 0.143. The molecule has 0 aliphatic heterocycles. The second kappa shape index (κ2) is 6.26. The molecule has 0 fully saturated rings. The van der Waals surface area contributed by atoms with Gasteiger partial charge in [0.2, 0.25) is 0 Å². The van der Waals surface area contributed by atoms with E-state index in [-0.39, 0.29) is 11.6 Å². The van der Waals surface area contributed by atoms with E-state index in [1.54, 1.807) is 6.20 Å². The van der Waals surface area contributed by atoms with Crippen LogP contribution in [0, 0.1) is 0 Å². The first-order valence-corrected chi connectivity index (χ1v) is 6.17. The van der Waals surface area contributed by atoms with E-state index < -0.39 is 0 Å². The van der Waals surface area contributed by atoms with Crippen molar-refractivity contribution < 1.29 is 9.84 Å². The number of hydrogen-bond donors (Lipinski definition) is 2. The van der Waals surface area contributed by atoms with Crippen LogP contribution in [0.4, 0.5) is 0 Å². The Labute approximate surface area is 116 Å².